The first kappa shape index (κ1) is 17.5. The van der Waals surface area contributed by atoms with Gasteiger partial charge in [-0.2, -0.15) is 0 Å². The molecule has 4 rings (SSSR count). The maximum Gasteiger partial charge on any atom is 0.326 e. The molecule has 7 nitrogen and oxygen atoms in total. The largest absolute Gasteiger partial charge is 0.326 e. The van der Waals surface area contributed by atoms with Crippen molar-refractivity contribution in [3.05, 3.63) is 54.2 Å². The van der Waals surface area contributed by atoms with Crippen LogP contribution in [0.15, 0.2) is 48.7 Å². The highest BCUT2D eigenvalue weighted by atomic mass is 16.2. The van der Waals surface area contributed by atoms with Gasteiger partial charge >= 0.3 is 6.03 Å². The number of benzene rings is 1. The molecule has 2 aliphatic rings. The molecule has 2 aliphatic heterocycles. The van der Waals surface area contributed by atoms with Crippen molar-refractivity contribution < 1.29 is 9.59 Å². The molecule has 1 aromatic heterocycles. The lowest BCUT2D eigenvalue weighted by molar-refractivity contribution is -0.114. The predicted octanol–water partition coefficient (Wildman–Crippen LogP) is 2.17. The second-order valence-corrected chi connectivity index (χ2v) is 7.04. The van der Waals surface area contributed by atoms with Gasteiger partial charge in [0.1, 0.15) is 5.82 Å². The Bertz CT molecular complexity index is 824. The van der Waals surface area contributed by atoms with Gasteiger partial charge < -0.3 is 10.2 Å². The van der Waals surface area contributed by atoms with Crippen LogP contribution >= 0.6 is 0 Å². The second kappa shape index (κ2) is 7.36. The molecule has 2 fully saturated rings. The number of nitrogens with one attached hydrogen (secondary N) is 1. The number of rotatable bonds is 4. The normalized spacial score (nSPS) is 19.9. The molecule has 1 atom stereocenters. The van der Waals surface area contributed by atoms with Crippen molar-refractivity contribution in [3.63, 3.8) is 0 Å². The Balaban J connectivity index is 1.38. The van der Waals surface area contributed by atoms with E-state index in [9.17, 15) is 9.59 Å². The van der Waals surface area contributed by atoms with Crippen LogP contribution in [0.1, 0.15) is 12.5 Å². The molecular weight excluding hydrogens is 342 g/mol. The van der Waals surface area contributed by atoms with Gasteiger partial charge in [0.15, 0.2) is 0 Å². The lowest BCUT2D eigenvalue weighted by Gasteiger charge is -2.36. The Hall–Kier alpha value is -2.93. The van der Waals surface area contributed by atoms with Crippen molar-refractivity contribution >= 4 is 23.4 Å². The number of carbonyl (C=O) groups is 2. The molecule has 1 aromatic carbocycles. The van der Waals surface area contributed by atoms with E-state index in [0.717, 1.165) is 37.7 Å². The van der Waals surface area contributed by atoms with Crippen molar-refractivity contribution in [2.24, 2.45) is 0 Å². The zero-order valence-electron chi connectivity index (χ0n) is 15.3. The van der Waals surface area contributed by atoms with E-state index in [4.69, 9.17) is 0 Å². The summed E-state index contributed by atoms with van der Waals surface area (Å²) in [5.74, 6) is 0.652. The summed E-state index contributed by atoms with van der Waals surface area (Å²) in [6.45, 7) is 5.45. The molecule has 2 saturated heterocycles. The molecule has 27 heavy (non-hydrogen) atoms. The van der Waals surface area contributed by atoms with Gasteiger partial charge in [-0.3, -0.25) is 14.6 Å². The average Bonchev–Trinajstić information content (AvgIpc) is 3.00. The smallest absolute Gasteiger partial charge is 0.326 e. The van der Waals surface area contributed by atoms with Gasteiger partial charge in [0.2, 0.25) is 5.91 Å². The Morgan fingerprint density at radius 1 is 1.15 bits per heavy atom. The Morgan fingerprint density at radius 3 is 2.67 bits per heavy atom. The topological polar surface area (TPSA) is 68.8 Å². The second-order valence-electron chi connectivity index (χ2n) is 7.04. The first-order valence-corrected chi connectivity index (χ1v) is 9.18. The van der Waals surface area contributed by atoms with Crippen LogP contribution in [-0.4, -0.2) is 58.9 Å². The van der Waals surface area contributed by atoms with Crippen molar-refractivity contribution in [1.29, 1.82) is 0 Å². The standard InChI is InChI=1S/C20H23N5O2/c1-15(26)22-17-7-5-16(6-8-17)12-23-10-11-24-18(13-23)14-25(20(24)27)19-4-2-3-9-21-19/h2-9,18H,10-14H2,1H3,(H,22,26)/t18-/m1/s1. The molecule has 3 amide bonds. The van der Waals surface area contributed by atoms with Crippen LogP contribution in [0.25, 0.3) is 0 Å². The van der Waals surface area contributed by atoms with E-state index < -0.39 is 0 Å². The number of urea groups is 1. The van der Waals surface area contributed by atoms with E-state index in [2.05, 4.69) is 15.2 Å². The molecule has 0 radical (unpaired) electrons. The molecule has 140 valence electrons. The molecule has 0 unspecified atom stereocenters. The van der Waals surface area contributed by atoms with Gasteiger partial charge in [-0.15, -0.1) is 0 Å². The highest BCUT2D eigenvalue weighted by molar-refractivity contribution is 5.93. The maximum absolute atomic E-state index is 12.7. The van der Waals surface area contributed by atoms with Gasteiger partial charge in [-0.05, 0) is 29.8 Å². The lowest BCUT2D eigenvalue weighted by atomic mass is 10.1. The number of hydrogen-bond donors (Lipinski definition) is 1. The van der Waals surface area contributed by atoms with Crippen LogP contribution in [0.4, 0.5) is 16.3 Å². The summed E-state index contributed by atoms with van der Waals surface area (Å²) in [6, 6.07) is 13.8. The molecule has 0 bridgehead atoms. The number of aromatic nitrogens is 1. The molecule has 1 N–H and O–H groups in total. The fourth-order valence-corrected chi connectivity index (χ4v) is 3.78. The summed E-state index contributed by atoms with van der Waals surface area (Å²) >= 11 is 0. The zero-order valence-corrected chi connectivity index (χ0v) is 15.3. The summed E-state index contributed by atoms with van der Waals surface area (Å²) in [5.41, 5.74) is 2.01. The van der Waals surface area contributed by atoms with Crippen LogP contribution in [0.3, 0.4) is 0 Å². The third kappa shape index (κ3) is 3.78. The number of fused-ring (bicyclic) bond motifs is 1. The number of nitrogens with zero attached hydrogens (tertiary/aromatic N) is 4. The summed E-state index contributed by atoms with van der Waals surface area (Å²) in [5, 5.41) is 2.78. The van der Waals surface area contributed by atoms with Crippen molar-refractivity contribution in [1.82, 2.24) is 14.8 Å². The number of anilines is 2. The van der Waals surface area contributed by atoms with Crippen LogP contribution in [0, 0.1) is 0 Å². The van der Waals surface area contributed by atoms with Crippen molar-refractivity contribution in [2.75, 3.05) is 36.4 Å². The third-order valence-electron chi connectivity index (χ3n) is 5.04. The SMILES string of the molecule is CC(=O)Nc1ccc(CN2CCN3C(=O)N(c4ccccn4)C[C@H]3C2)cc1. The lowest BCUT2D eigenvalue weighted by Crippen LogP contribution is -2.51. The van der Waals surface area contributed by atoms with Crippen LogP contribution in [-0.2, 0) is 11.3 Å². The van der Waals surface area contributed by atoms with E-state index in [1.807, 2.05) is 47.4 Å². The summed E-state index contributed by atoms with van der Waals surface area (Å²) in [4.78, 5) is 34.2. The molecule has 0 saturated carbocycles. The van der Waals surface area contributed by atoms with Gasteiger partial charge in [-0.25, -0.2) is 9.78 Å². The van der Waals surface area contributed by atoms with Crippen LogP contribution in [0.2, 0.25) is 0 Å². The summed E-state index contributed by atoms with van der Waals surface area (Å²) in [6.07, 6.45) is 1.72. The van der Waals surface area contributed by atoms with E-state index in [1.165, 1.54) is 12.5 Å². The summed E-state index contributed by atoms with van der Waals surface area (Å²) < 4.78 is 0. The molecule has 3 heterocycles. The van der Waals surface area contributed by atoms with E-state index in [1.54, 1.807) is 11.1 Å². The maximum atomic E-state index is 12.7. The third-order valence-corrected chi connectivity index (χ3v) is 5.04. The number of amides is 3. The Labute approximate surface area is 158 Å². The predicted molar refractivity (Wildman–Crippen MR) is 103 cm³/mol. The number of piperazine rings is 1. The molecule has 0 spiro atoms. The van der Waals surface area contributed by atoms with Gasteiger partial charge in [-0.1, -0.05) is 18.2 Å². The number of pyridine rings is 1. The van der Waals surface area contributed by atoms with Gasteiger partial charge in [0, 0.05) is 45.0 Å². The number of carbonyl (C=O) groups excluding carboxylic acids is 2. The monoisotopic (exact) mass is 365 g/mol. The van der Waals surface area contributed by atoms with E-state index in [0.29, 0.717) is 6.54 Å². The Morgan fingerprint density at radius 2 is 1.96 bits per heavy atom. The summed E-state index contributed by atoms with van der Waals surface area (Å²) in [7, 11) is 0. The highest BCUT2D eigenvalue weighted by Crippen LogP contribution is 2.25. The zero-order chi connectivity index (χ0) is 18.8. The fraction of sp³-hybridized carbons (Fsp3) is 0.350. The van der Waals surface area contributed by atoms with Gasteiger partial charge in [0.25, 0.3) is 0 Å². The molecular formula is C20H23N5O2. The van der Waals surface area contributed by atoms with Crippen molar-refractivity contribution in [2.45, 2.75) is 19.5 Å². The minimum Gasteiger partial charge on any atom is -0.326 e. The molecule has 7 heteroatoms. The first-order chi connectivity index (χ1) is 13.1. The Kier molecular flexibility index (Phi) is 4.77. The van der Waals surface area contributed by atoms with Gasteiger partial charge in [0.05, 0.1) is 12.6 Å². The number of hydrogen-bond acceptors (Lipinski definition) is 4. The molecule has 2 aromatic rings. The fourth-order valence-electron chi connectivity index (χ4n) is 3.78. The first-order valence-electron chi connectivity index (χ1n) is 9.18. The van der Waals surface area contributed by atoms with E-state index in [-0.39, 0.29) is 18.0 Å². The highest BCUT2D eigenvalue weighted by Gasteiger charge is 2.41. The minimum absolute atomic E-state index is 0.0537. The van der Waals surface area contributed by atoms with Crippen molar-refractivity contribution in [3.8, 4) is 0 Å². The van der Waals surface area contributed by atoms with Crippen LogP contribution < -0.4 is 10.2 Å². The van der Waals surface area contributed by atoms with E-state index >= 15 is 0 Å². The molecule has 0 aliphatic carbocycles. The quantitative estimate of drug-likeness (QED) is 0.902. The average molecular weight is 365 g/mol. The minimum atomic E-state index is -0.0674. The van der Waals surface area contributed by atoms with Crippen LogP contribution in [0.5, 0.6) is 0 Å².